The Morgan fingerprint density at radius 2 is 2.10 bits per heavy atom. The number of rotatable bonds is 3. The predicted octanol–water partition coefficient (Wildman–Crippen LogP) is 2.26. The van der Waals surface area contributed by atoms with Crippen molar-refractivity contribution in [2.24, 2.45) is 5.41 Å². The molecular weight excluding hydrogens is 395 g/mol. The van der Waals surface area contributed by atoms with Gasteiger partial charge in [-0.15, -0.1) is 0 Å². The lowest BCUT2D eigenvalue weighted by Crippen LogP contribution is -2.55. The second-order valence-corrected chi connectivity index (χ2v) is 7.12. The highest BCUT2D eigenvalue weighted by Crippen LogP contribution is 2.41. The van der Waals surface area contributed by atoms with E-state index in [4.69, 9.17) is 19.4 Å². The van der Waals surface area contributed by atoms with Crippen molar-refractivity contribution in [1.82, 2.24) is 14.8 Å². The highest BCUT2D eigenvalue weighted by atomic mass is 19.4. The maximum absolute atomic E-state index is 12.3. The number of hydrogen-bond acceptors (Lipinski definition) is 5. The number of carbonyl (C=O) groups is 2. The fraction of sp³-hybridized carbons (Fsp3) is 0.611. The molecule has 2 saturated heterocycles. The monoisotopic (exact) mass is 419 g/mol. The van der Waals surface area contributed by atoms with E-state index in [0.29, 0.717) is 19.0 Å². The molecule has 29 heavy (non-hydrogen) atoms. The molecule has 2 aliphatic rings. The summed E-state index contributed by atoms with van der Waals surface area (Å²) in [5, 5.41) is 7.12. The molecule has 8 nitrogen and oxygen atoms in total. The number of halogens is 3. The molecule has 0 aromatic carbocycles. The highest BCUT2D eigenvalue weighted by molar-refractivity contribution is 5.74. The van der Waals surface area contributed by atoms with Crippen molar-refractivity contribution in [3.05, 3.63) is 24.4 Å². The summed E-state index contributed by atoms with van der Waals surface area (Å²) >= 11 is 0. The Morgan fingerprint density at radius 1 is 1.41 bits per heavy atom. The molecule has 0 bridgehead atoms. The normalized spacial score (nSPS) is 23.5. The van der Waals surface area contributed by atoms with E-state index in [1.165, 1.54) is 0 Å². The van der Waals surface area contributed by atoms with E-state index in [0.717, 1.165) is 26.0 Å². The minimum atomic E-state index is -5.08. The van der Waals surface area contributed by atoms with Gasteiger partial charge in [-0.3, -0.25) is 0 Å². The van der Waals surface area contributed by atoms with Crippen LogP contribution in [0.1, 0.15) is 12.8 Å². The van der Waals surface area contributed by atoms with E-state index in [1.54, 1.807) is 25.2 Å². The number of pyridine rings is 1. The third-order valence-corrected chi connectivity index (χ3v) is 4.81. The zero-order chi connectivity index (χ0) is 21.7. The zero-order valence-corrected chi connectivity index (χ0v) is 16.2. The average molecular weight is 419 g/mol. The lowest BCUT2D eigenvalue weighted by molar-refractivity contribution is -0.192. The first-order chi connectivity index (χ1) is 13.5. The van der Waals surface area contributed by atoms with Crippen molar-refractivity contribution < 1.29 is 37.3 Å². The van der Waals surface area contributed by atoms with Crippen molar-refractivity contribution in [2.75, 3.05) is 40.4 Å². The number of carboxylic acid groups (broad SMARTS) is 1. The third-order valence-electron chi connectivity index (χ3n) is 4.81. The van der Waals surface area contributed by atoms with Gasteiger partial charge in [0.2, 0.25) is 5.88 Å². The summed E-state index contributed by atoms with van der Waals surface area (Å²) in [5.41, 5.74) is -0.124. The van der Waals surface area contributed by atoms with Crippen molar-refractivity contribution in [1.29, 1.82) is 0 Å². The lowest BCUT2D eigenvalue weighted by Gasteiger charge is -2.43. The molecule has 0 saturated carbocycles. The molecule has 1 aromatic heterocycles. The van der Waals surface area contributed by atoms with E-state index in [-0.39, 0.29) is 17.6 Å². The topological polar surface area (TPSA) is 92.2 Å². The van der Waals surface area contributed by atoms with Crippen LogP contribution in [0, 0.1) is 5.41 Å². The maximum Gasteiger partial charge on any atom is 0.490 e. The number of urea groups is 1. The molecule has 1 aromatic rings. The summed E-state index contributed by atoms with van der Waals surface area (Å²) in [6.07, 6.45) is -1.41. The quantitative estimate of drug-likeness (QED) is 0.808. The molecule has 0 unspecified atom stereocenters. The van der Waals surface area contributed by atoms with Gasteiger partial charge in [0.1, 0.15) is 0 Å². The minimum Gasteiger partial charge on any atom is -0.477 e. The molecule has 11 heteroatoms. The fourth-order valence-corrected chi connectivity index (χ4v) is 3.35. The van der Waals surface area contributed by atoms with Crippen molar-refractivity contribution in [3.63, 3.8) is 0 Å². The number of hydrogen-bond donors (Lipinski definition) is 1. The fourth-order valence-electron chi connectivity index (χ4n) is 3.35. The average Bonchev–Trinajstić information content (AvgIpc) is 3.09. The van der Waals surface area contributed by atoms with Crippen LogP contribution in [-0.4, -0.2) is 84.6 Å². The summed E-state index contributed by atoms with van der Waals surface area (Å²) in [6.45, 7) is 2.70. The number of carboxylic acids is 1. The van der Waals surface area contributed by atoms with Crippen LogP contribution in [0.25, 0.3) is 0 Å². The van der Waals surface area contributed by atoms with Gasteiger partial charge < -0.3 is 24.4 Å². The first kappa shape index (κ1) is 22.7. The Morgan fingerprint density at radius 3 is 2.66 bits per heavy atom. The molecule has 2 atom stereocenters. The number of likely N-dealkylation sites (tertiary alicyclic amines) is 1. The lowest BCUT2D eigenvalue weighted by atomic mass is 9.77. The van der Waals surface area contributed by atoms with Crippen LogP contribution in [0.4, 0.5) is 18.0 Å². The number of ether oxygens (including phenoxy) is 2. The summed E-state index contributed by atoms with van der Waals surface area (Å²) in [6, 6.07) is 5.69. The van der Waals surface area contributed by atoms with Gasteiger partial charge in [-0.1, -0.05) is 6.07 Å². The standard InChI is InChI=1S/C16H23N3O3.C2HF3O2/c1-18(2)15(20)19-9-6-13-16(11-19,7-10-21-13)12-22-14-5-3-4-8-17-14;3-2(4,5)1(6)7/h3-5,8,13H,6-7,9-12H2,1-2H3;(H,6,7)/t13-,16+;/m1./s1. The van der Waals surface area contributed by atoms with Crippen LogP contribution in [0.5, 0.6) is 5.88 Å². The molecule has 0 radical (unpaired) electrons. The van der Waals surface area contributed by atoms with Crippen LogP contribution in [0.3, 0.4) is 0 Å². The Bertz CT molecular complexity index is 702. The molecule has 3 rings (SSSR count). The van der Waals surface area contributed by atoms with Crippen molar-refractivity contribution in [3.8, 4) is 5.88 Å². The van der Waals surface area contributed by atoms with Gasteiger partial charge in [-0.05, 0) is 18.9 Å². The number of piperidine rings is 1. The molecule has 2 aliphatic heterocycles. The van der Waals surface area contributed by atoms with Crippen LogP contribution < -0.4 is 4.74 Å². The summed E-state index contributed by atoms with van der Waals surface area (Å²) < 4.78 is 43.5. The number of carbonyl (C=O) groups excluding carboxylic acids is 1. The molecule has 0 aliphatic carbocycles. The molecule has 162 valence electrons. The smallest absolute Gasteiger partial charge is 0.477 e. The number of alkyl halides is 3. The van der Waals surface area contributed by atoms with Crippen LogP contribution in [-0.2, 0) is 9.53 Å². The SMILES string of the molecule is CN(C)C(=O)N1CC[C@H]2OCC[C@@]2(COc2ccccn2)C1.O=C(O)C(F)(F)F. The Kier molecular flexibility index (Phi) is 7.28. The van der Waals surface area contributed by atoms with E-state index >= 15 is 0 Å². The van der Waals surface area contributed by atoms with Crippen LogP contribution in [0.2, 0.25) is 0 Å². The van der Waals surface area contributed by atoms with Gasteiger partial charge in [0.25, 0.3) is 0 Å². The van der Waals surface area contributed by atoms with E-state index in [1.807, 2.05) is 23.1 Å². The molecule has 2 fully saturated rings. The number of fused-ring (bicyclic) bond motifs is 1. The van der Waals surface area contributed by atoms with Gasteiger partial charge in [0.15, 0.2) is 0 Å². The largest absolute Gasteiger partial charge is 0.490 e. The van der Waals surface area contributed by atoms with Gasteiger partial charge in [0, 0.05) is 46.1 Å². The first-order valence-corrected chi connectivity index (χ1v) is 8.97. The minimum absolute atomic E-state index is 0.0579. The zero-order valence-electron chi connectivity index (χ0n) is 16.2. The molecule has 3 heterocycles. The molecule has 0 spiro atoms. The Labute approximate surface area is 166 Å². The number of amides is 2. The summed E-state index contributed by atoms with van der Waals surface area (Å²) in [4.78, 5) is 28.9. The summed E-state index contributed by atoms with van der Waals surface area (Å²) in [5.74, 6) is -2.13. The number of nitrogens with zero attached hydrogens (tertiary/aromatic N) is 3. The van der Waals surface area contributed by atoms with Gasteiger partial charge in [-0.25, -0.2) is 14.6 Å². The molecule has 2 amide bonds. The van der Waals surface area contributed by atoms with Crippen LogP contribution >= 0.6 is 0 Å². The van der Waals surface area contributed by atoms with Gasteiger partial charge in [0.05, 0.1) is 18.1 Å². The van der Waals surface area contributed by atoms with Crippen LogP contribution in [0.15, 0.2) is 24.4 Å². The van der Waals surface area contributed by atoms with Crippen molar-refractivity contribution >= 4 is 12.0 Å². The van der Waals surface area contributed by atoms with E-state index in [9.17, 15) is 18.0 Å². The van der Waals surface area contributed by atoms with E-state index < -0.39 is 12.1 Å². The van der Waals surface area contributed by atoms with E-state index in [2.05, 4.69) is 4.98 Å². The van der Waals surface area contributed by atoms with Crippen molar-refractivity contribution in [2.45, 2.75) is 25.1 Å². The predicted molar refractivity (Wildman–Crippen MR) is 95.5 cm³/mol. The molecule has 1 N–H and O–H groups in total. The summed E-state index contributed by atoms with van der Waals surface area (Å²) in [7, 11) is 3.58. The third kappa shape index (κ3) is 5.96. The first-order valence-electron chi connectivity index (χ1n) is 8.97. The van der Waals surface area contributed by atoms with Gasteiger partial charge >= 0.3 is 18.2 Å². The number of aliphatic carboxylic acids is 1. The Balaban J connectivity index is 0.000000370. The highest BCUT2D eigenvalue weighted by Gasteiger charge is 2.49. The Hall–Kier alpha value is -2.56. The second-order valence-electron chi connectivity index (χ2n) is 7.12. The second kappa shape index (κ2) is 9.29. The molecular formula is C18H24F3N3O5. The number of aromatic nitrogens is 1. The maximum atomic E-state index is 12.3. The van der Waals surface area contributed by atoms with Gasteiger partial charge in [-0.2, -0.15) is 13.2 Å².